The van der Waals surface area contributed by atoms with Gasteiger partial charge in [0.25, 0.3) is 0 Å². The van der Waals surface area contributed by atoms with Crippen molar-refractivity contribution >= 4 is 11.9 Å². The maximum atomic E-state index is 11.8. The average molecular weight is 280 g/mol. The molecule has 1 unspecified atom stereocenters. The number of rotatable bonds is 7. The number of benzene rings is 1. The molecule has 0 heterocycles. The van der Waals surface area contributed by atoms with Gasteiger partial charge in [-0.25, -0.2) is 0 Å². The first-order chi connectivity index (χ1) is 9.62. The predicted molar refractivity (Wildman–Crippen MR) is 73.2 cm³/mol. The van der Waals surface area contributed by atoms with E-state index in [1.807, 2.05) is 0 Å². The van der Waals surface area contributed by atoms with E-state index in [0.717, 1.165) is 11.3 Å². The Morgan fingerprint density at radius 3 is 2.15 bits per heavy atom. The minimum atomic E-state index is -0.854. The van der Waals surface area contributed by atoms with Crippen LogP contribution in [0.2, 0.25) is 0 Å². The fourth-order valence-corrected chi connectivity index (χ4v) is 1.65. The number of methoxy groups -OCH3 is 1. The van der Waals surface area contributed by atoms with Gasteiger partial charge in [0.15, 0.2) is 5.92 Å². The lowest BCUT2D eigenvalue weighted by Crippen LogP contribution is -2.27. The largest absolute Gasteiger partial charge is 0.497 e. The molecule has 1 aromatic rings. The minimum absolute atomic E-state index is 0.124. The monoisotopic (exact) mass is 280 g/mol. The van der Waals surface area contributed by atoms with Gasteiger partial charge >= 0.3 is 11.9 Å². The quantitative estimate of drug-likeness (QED) is 0.566. The van der Waals surface area contributed by atoms with Crippen LogP contribution in [0.3, 0.4) is 0 Å². The highest BCUT2D eigenvalue weighted by molar-refractivity contribution is 5.94. The Hall–Kier alpha value is -2.04. The summed E-state index contributed by atoms with van der Waals surface area (Å²) in [5, 5.41) is 0. The number of esters is 2. The lowest BCUT2D eigenvalue weighted by molar-refractivity contribution is -0.162. The van der Waals surface area contributed by atoms with Gasteiger partial charge in [0.2, 0.25) is 0 Å². The lowest BCUT2D eigenvalue weighted by Gasteiger charge is -2.13. The summed E-state index contributed by atoms with van der Waals surface area (Å²) in [6.07, 6.45) is 0.361. The van der Waals surface area contributed by atoms with E-state index in [-0.39, 0.29) is 13.2 Å². The van der Waals surface area contributed by atoms with Crippen LogP contribution >= 0.6 is 0 Å². The maximum Gasteiger partial charge on any atom is 0.320 e. The van der Waals surface area contributed by atoms with Crippen LogP contribution in [0, 0.1) is 5.92 Å². The SMILES string of the molecule is CCOC(=O)C(CC)C(=O)OCc1ccc(OC)cc1. The summed E-state index contributed by atoms with van der Waals surface area (Å²) in [6.45, 7) is 3.82. The summed E-state index contributed by atoms with van der Waals surface area (Å²) >= 11 is 0. The van der Waals surface area contributed by atoms with Crippen LogP contribution in [0.1, 0.15) is 25.8 Å². The molecule has 5 heteroatoms. The summed E-state index contributed by atoms with van der Waals surface area (Å²) in [7, 11) is 1.58. The highest BCUT2D eigenvalue weighted by atomic mass is 16.6. The highest BCUT2D eigenvalue weighted by Gasteiger charge is 2.27. The van der Waals surface area contributed by atoms with Crippen molar-refractivity contribution in [2.45, 2.75) is 26.9 Å². The molecule has 20 heavy (non-hydrogen) atoms. The topological polar surface area (TPSA) is 61.8 Å². The molecule has 0 radical (unpaired) electrons. The standard InChI is InChI=1S/C15H20O5/c1-4-13(14(16)19-5-2)15(17)20-10-11-6-8-12(18-3)9-7-11/h6-9,13H,4-5,10H2,1-3H3. The first kappa shape index (κ1) is 16.0. The number of carbonyl (C=O) groups excluding carboxylic acids is 2. The van der Waals surface area contributed by atoms with Gasteiger partial charge in [-0.2, -0.15) is 0 Å². The fraction of sp³-hybridized carbons (Fsp3) is 0.467. The second kappa shape index (κ2) is 8.19. The molecule has 0 aliphatic heterocycles. The Labute approximate surface area is 118 Å². The second-order valence-corrected chi connectivity index (χ2v) is 4.17. The minimum Gasteiger partial charge on any atom is -0.497 e. The molecular formula is C15H20O5. The summed E-state index contributed by atoms with van der Waals surface area (Å²) in [4.78, 5) is 23.4. The van der Waals surface area contributed by atoms with E-state index in [4.69, 9.17) is 14.2 Å². The normalized spacial score (nSPS) is 11.6. The van der Waals surface area contributed by atoms with Gasteiger partial charge in [-0.05, 0) is 31.0 Å². The van der Waals surface area contributed by atoms with Gasteiger partial charge in [-0.15, -0.1) is 0 Å². The second-order valence-electron chi connectivity index (χ2n) is 4.17. The zero-order valence-electron chi connectivity index (χ0n) is 12.0. The van der Waals surface area contributed by atoms with Crippen molar-refractivity contribution in [3.63, 3.8) is 0 Å². The summed E-state index contributed by atoms with van der Waals surface area (Å²) in [6, 6.07) is 7.17. The van der Waals surface area contributed by atoms with Crippen LogP contribution < -0.4 is 4.74 Å². The number of carbonyl (C=O) groups is 2. The molecule has 0 fully saturated rings. The number of hydrogen-bond acceptors (Lipinski definition) is 5. The molecule has 1 atom stereocenters. The molecule has 110 valence electrons. The van der Waals surface area contributed by atoms with Gasteiger partial charge in [0.05, 0.1) is 13.7 Å². The molecular weight excluding hydrogens is 260 g/mol. The Bertz CT molecular complexity index is 438. The molecule has 0 aromatic heterocycles. The summed E-state index contributed by atoms with van der Waals surface area (Å²) < 4.78 is 15.0. The first-order valence-corrected chi connectivity index (χ1v) is 6.58. The van der Waals surface area contributed by atoms with Crippen molar-refractivity contribution in [3.8, 4) is 5.75 Å². The van der Waals surface area contributed by atoms with Crippen LogP contribution in [-0.2, 0) is 25.7 Å². The summed E-state index contributed by atoms with van der Waals surface area (Å²) in [5.41, 5.74) is 0.831. The molecule has 0 N–H and O–H groups in total. The Balaban J connectivity index is 2.53. The lowest BCUT2D eigenvalue weighted by atomic mass is 10.1. The van der Waals surface area contributed by atoms with E-state index in [1.54, 1.807) is 45.2 Å². The highest BCUT2D eigenvalue weighted by Crippen LogP contribution is 2.14. The van der Waals surface area contributed by atoms with Crippen molar-refractivity contribution in [2.24, 2.45) is 5.92 Å². The van der Waals surface area contributed by atoms with Gasteiger partial charge in [0, 0.05) is 0 Å². The molecule has 0 aliphatic rings. The van der Waals surface area contributed by atoms with Gasteiger partial charge in [-0.3, -0.25) is 9.59 Å². The number of ether oxygens (including phenoxy) is 3. The van der Waals surface area contributed by atoms with Crippen LogP contribution in [0.15, 0.2) is 24.3 Å². The van der Waals surface area contributed by atoms with Crippen LogP contribution in [0.25, 0.3) is 0 Å². The Morgan fingerprint density at radius 2 is 1.65 bits per heavy atom. The Morgan fingerprint density at radius 1 is 1.05 bits per heavy atom. The molecule has 0 saturated heterocycles. The molecule has 0 amide bonds. The third-order valence-electron chi connectivity index (χ3n) is 2.80. The average Bonchev–Trinajstić information content (AvgIpc) is 2.46. The molecule has 1 rings (SSSR count). The van der Waals surface area contributed by atoms with E-state index >= 15 is 0 Å². The van der Waals surface area contributed by atoms with E-state index in [9.17, 15) is 9.59 Å². The van der Waals surface area contributed by atoms with Crippen molar-refractivity contribution in [2.75, 3.05) is 13.7 Å². The molecule has 0 saturated carbocycles. The molecule has 0 aliphatic carbocycles. The summed E-state index contributed by atoms with van der Waals surface area (Å²) in [5.74, 6) is -1.21. The van der Waals surface area contributed by atoms with Gasteiger partial charge in [-0.1, -0.05) is 19.1 Å². The van der Waals surface area contributed by atoms with Crippen LogP contribution in [-0.4, -0.2) is 25.7 Å². The number of hydrogen-bond donors (Lipinski definition) is 0. The van der Waals surface area contributed by atoms with Crippen molar-refractivity contribution in [1.29, 1.82) is 0 Å². The molecule has 0 bridgehead atoms. The van der Waals surface area contributed by atoms with Crippen molar-refractivity contribution < 1.29 is 23.8 Å². The molecule has 1 aromatic carbocycles. The fourth-order valence-electron chi connectivity index (χ4n) is 1.65. The molecule has 0 spiro atoms. The van der Waals surface area contributed by atoms with Crippen LogP contribution in [0.4, 0.5) is 0 Å². The van der Waals surface area contributed by atoms with E-state index in [2.05, 4.69) is 0 Å². The van der Waals surface area contributed by atoms with E-state index in [1.165, 1.54) is 0 Å². The zero-order chi connectivity index (χ0) is 15.0. The first-order valence-electron chi connectivity index (χ1n) is 6.58. The third kappa shape index (κ3) is 4.57. The van der Waals surface area contributed by atoms with Gasteiger partial charge < -0.3 is 14.2 Å². The van der Waals surface area contributed by atoms with Crippen LogP contribution in [0.5, 0.6) is 5.75 Å². The zero-order valence-corrected chi connectivity index (χ0v) is 12.0. The van der Waals surface area contributed by atoms with Gasteiger partial charge in [0.1, 0.15) is 12.4 Å². The van der Waals surface area contributed by atoms with E-state index in [0.29, 0.717) is 6.42 Å². The molecule has 5 nitrogen and oxygen atoms in total. The Kier molecular flexibility index (Phi) is 6.56. The van der Waals surface area contributed by atoms with E-state index < -0.39 is 17.9 Å². The van der Waals surface area contributed by atoms with Crippen molar-refractivity contribution in [1.82, 2.24) is 0 Å². The van der Waals surface area contributed by atoms with Crippen molar-refractivity contribution in [3.05, 3.63) is 29.8 Å². The third-order valence-corrected chi connectivity index (χ3v) is 2.80. The smallest absolute Gasteiger partial charge is 0.320 e. The maximum absolute atomic E-state index is 11.8. The predicted octanol–water partition coefficient (Wildman–Crippen LogP) is 2.33.